The molecule has 0 aromatic rings. The van der Waals surface area contributed by atoms with Crippen LogP contribution in [-0.4, -0.2) is 11.9 Å². The molecule has 0 spiro atoms. The number of carbonyl (C=O) groups excluding carboxylic acids is 2. The van der Waals surface area contributed by atoms with Gasteiger partial charge in [-0.1, -0.05) is 38.5 Å². The molecule has 7 heteroatoms. The molecule has 0 aromatic heterocycles. The number of nitrogens with two attached hydrogens (primary N) is 2. The molecule has 6 nitrogen and oxygen atoms in total. The van der Waals surface area contributed by atoms with Gasteiger partial charge < -0.3 is 32.1 Å². The van der Waals surface area contributed by atoms with Crippen LogP contribution in [0.1, 0.15) is 38.5 Å². The van der Waals surface area contributed by atoms with Crippen LogP contribution >= 0.6 is 0 Å². The summed E-state index contributed by atoms with van der Waals surface area (Å²) < 4.78 is 0. The molecule has 0 aliphatic heterocycles. The number of carboxylic acids is 2. The Morgan fingerprint density at radius 2 is 0.882 bits per heavy atom. The van der Waals surface area contributed by atoms with Gasteiger partial charge in [0, 0.05) is 0 Å². The Balaban J connectivity index is -0.0000000860. The Morgan fingerprint density at radius 1 is 0.706 bits per heavy atom. The average molecular weight is 425 g/mol. The smallest absolute Gasteiger partial charge is 0.693 e. The van der Waals surface area contributed by atoms with Crippen molar-refractivity contribution in [1.29, 1.82) is 0 Å². The maximum Gasteiger partial charge on any atom is 4.00 e. The third-order valence-corrected chi connectivity index (χ3v) is 1.86. The number of hydrogen-bond donors (Lipinski definition) is 0. The van der Waals surface area contributed by atoms with E-state index in [1.807, 2.05) is 0 Å². The summed E-state index contributed by atoms with van der Waals surface area (Å²) in [6.45, 7) is 0. The largest absolute Gasteiger partial charge is 4.00 e. The Hall–Kier alpha value is -0.712. The summed E-state index contributed by atoms with van der Waals surface area (Å²) in [5.41, 5.74) is 0. The van der Waals surface area contributed by atoms with E-state index in [4.69, 9.17) is 0 Å². The normalized spacial score (nSPS) is 12.9. The quantitative estimate of drug-likeness (QED) is 0.602. The van der Waals surface area contributed by atoms with Gasteiger partial charge >= 0.3 is 21.1 Å². The van der Waals surface area contributed by atoms with Crippen molar-refractivity contribution < 1.29 is 40.9 Å². The first-order valence-corrected chi connectivity index (χ1v) is 4.73. The van der Waals surface area contributed by atoms with E-state index in [2.05, 4.69) is 0 Å². The number of hydrogen-bond acceptors (Lipinski definition) is 4. The molecule has 0 unspecified atom stereocenters. The van der Waals surface area contributed by atoms with Crippen LogP contribution in [0.25, 0.3) is 12.3 Å². The van der Waals surface area contributed by atoms with Crippen LogP contribution in [0.2, 0.25) is 0 Å². The van der Waals surface area contributed by atoms with Gasteiger partial charge in [0.2, 0.25) is 0 Å². The van der Waals surface area contributed by atoms with Crippen molar-refractivity contribution >= 4 is 11.9 Å². The van der Waals surface area contributed by atoms with Crippen molar-refractivity contribution in [2.24, 2.45) is 0 Å². The van der Waals surface area contributed by atoms with E-state index in [1.54, 1.807) is 0 Å². The minimum atomic E-state index is -1.55. The molecule has 17 heavy (non-hydrogen) atoms. The van der Waals surface area contributed by atoms with Crippen LogP contribution in [0.15, 0.2) is 12.2 Å². The molecule has 102 valence electrons. The first-order valence-electron chi connectivity index (χ1n) is 4.73. The molecule has 0 bridgehead atoms. The van der Waals surface area contributed by atoms with Crippen LogP contribution in [-0.2, 0) is 30.7 Å². The maximum atomic E-state index is 9.41. The molecule has 0 atom stereocenters. The summed E-state index contributed by atoms with van der Waals surface area (Å²) in [6.07, 6.45) is 9.77. The van der Waals surface area contributed by atoms with E-state index in [1.165, 1.54) is 38.5 Å². The molecule has 0 radical (unpaired) electrons. The second-order valence-electron chi connectivity index (χ2n) is 3.09. The summed E-state index contributed by atoms with van der Waals surface area (Å²) in [4.78, 5) is 18.8. The fourth-order valence-electron chi connectivity index (χ4n) is 1.20. The fraction of sp³-hybridized carbons (Fsp3) is 0.600. The van der Waals surface area contributed by atoms with E-state index in [0.29, 0.717) is 12.2 Å². The van der Waals surface area contributed by atoms with Crippen molar-refractivity contribution in [3.05, 3.63) is 24.5 Å². The van der Waals surface area contributed by atoms with Crippen LogP contribution in [0.4, 0.5) is 0 Å². The maximum absolute atomic E-state index is 9.41. The molecule has 0 heterocycles. The third-order valence-electron chi connectivity index (χ3n) is 1.86. The van der Waals surface area contributed by atoms with Crippen LogP contribution in [0, 0.1) is 0 Å². The first-order chi connectivity index (χ1) is 6.63. The molecule has 4 N–H and O–H groups in total. The molecule has 1 saturated carbocycles. The number of rotatable bonds is 2. The topological polar surface area (TPSA) is 147 Å². The predicted octanol–water partition coefficient (Wildman–Crippen LogP) is 0.815. The average Bonchev–Trinajstić information content (AvgIpc) is 2.18. The van der Waals surface area contributed by atoms with Gasteiger partial charge in [-0.25, -0.2) is 0 Å². The minimum Gasteiger partial charge on any atom is -0.693 e. The zero-order chi connectivity index (χ0) is 10.8. The Kier molecular flexibility index (Phi) is 26.2. The van der Waals surface area contributed by atoms with Gasteiger partial charge in [-0.15, -0.1) is 0 Å². The van der Waals surface area contributed by atoms with Crippen molar-refractivity contribution in [1.82, 2.24) is 0 Å². The van der Waals surface area contributed by atoms with Crippen molar-refractivity contribution in [3.8, 4) is 0 Å². The number of aliphatic carboxylic acids is 2. The van der Waals surface area contributed by atoms with E-state index >= 15 is 0 Å². The summed E-state index contributed by atoms with van der Waals surface area (Å²) in [7, 11) is 0. The molecular formula is C10H18N2O4Pt. The Morgan fingerprint density at radius 3 is 1.00 bits per heavy atom. The molecule has 1 rings (SSSR count). The van der Waals surface area contributed by atoms with Gasteiger partial charge in [0.1, 0.15) is 0 Å². The zero-order valence-corrected chi connectivity index (χ0v) is 11.8. The SMILES string of the molecule is C1CCCCC1.O=C([O-])/C=C\C(=O)[O-].[NH2-].[NH2-].[Pt+4]. The third kappa shape index (κ3) is 25.5. The Labute approximate surface area is 116 Å². The van der Waals surface area contributed by atoms with Crippen molar-refractivity contribution in [2.45, 2.75) is 38.5 Å². The van der Waals surface area contributed by atoms with Gasteiger partial charge in [0.05, 0.1) is 11.9 Å². The van der Waals surface area contributed by atoms with E-state index in [9.17, 15) is 19.8 Å². The first kappa shape index (κ1) is 25.2. The Bertz CT molecular complexity index is 191. The summed E-state index contributed by atoms with van der Waals surface area (Å²) in [6, 6.07) is 0. The second kappa shape index (κ2) is 17.7. The van der Waals surface area contributed by atoms with Crippen LogP contribution < -0.4 is 10.2 Å². The molecule has 1 aliphatic rings. The predicted molar refractivity (Wildman–Crippen MR) is 57.4 cm³/mol. The van der Waals surface area contributed by atoms with Gasteiger partial charge in [-0.2, -0.15) is 0 Å². The molecular weight excluding hydrogens is 407 g/mol. The fourth-order valence-corrected chi connectivity index (χ4v) is 1.20. The van der Waals surface area contributed by atoms with E-state index < -0.39 is 11.9 Å². The molecule has 0 aromatic carbocycles. The van der Waals surface area contributed by atoms with E-state index in [-0.39, 0.29) is 33.4 Å². The van der Waals surface area contributed by atoms with Crippen molar-refractivity contribution in [3.63, 3.8) is 0 Å². The summed E-state index contributed by atoms with van der Waals surface area (Å²) in [5, 5.41) is 18.8. The van der Waals surface area contributed by atoms with Crippen molar-refractivity contribution in [2.75, 3.05) is 0 Å². The second-order valence-corrected chi connectivity index (χ2v) is 3.09. The molecule has 0 amide bonds. The van der Waals surface area contributed by atoms with Gasteiger partial charge in [0.25, 0.3) is 0 Å². The standard InChI is InChI=1S/C6H12.C4H4O4.2H2N.Pt/c1-2-4-6-5-3-1;5-3(6)1-2-4(7)8;;;/h1-6H2;1-2H,(H,5,6)(H,7,8);2*1H2;/q;;2*-1;+4/p-2/b;2-1-;;;. The van der Waals surface area contributed by atoms with Gasteiger partial charge in [0.15, 0.2) is 0 Å². The van der Waals surface area contributed by atoms with Crippen LogP contribution in [0.3, 0.4) is 0 Å². The van der Waals surface area contributed by atoms with Gasteiger partial charge in [-0.05, 0) is 12.2 Å². The summed E-state index contributed by atoms with van der Waals surface area (Å²) >= 11 is 0. The monoisotopic (exact) mass is 425 g/mol. The molecule has 1 fully saturated rings. The number of carboxylic acid groups (broad SMARTS) is 2. The minimum absolute atomic E-state index is 0. The van der Waals surface area contributed by atoms with Gasteiger partial charge in [-0.3, -0.25) is 0 Å². The van der Waals surface area contributed by atoms with E-state index in [0.717, 1.165) is 0 Å². The molecule has 0 saturated heterocycles. The number of carbonyl (C=O) groups is 2. The summed E-state index contributed by atoms with van der Waals surface area (Å²) in [5.74, 6) is -3.09. The van der Waals surface area contributed by atoms with Crippen LogP contribution in [0.5, 0.6) is 0 Å². The molecule has 1 aliphatic carbocycles. The zero-order valence-electron chi connectivity index (χ0n) is 9.50.